The minimum atomic E-state index is -3.23. The van der Waals surface area contributed by atoms with Gasteiger partial charge in [0, 0.05) is 18.7 Å². The Balaban J connectivity index is 1.47. The van der Waals surface area contributed by atoms with E-state index in [-0.39, 0.29) is 17.7 Å². The quantitative estimate of drug-likeness (QED) is 0.648. The molecular weight excluding hydrogens is 414 g/mol. The first-order valence-corrected chi connectivity index (χ1v) is 11.5. The summed E-state index contributed by atoms with van der Waals surface area (Å²) < 4.78 is 58.6. The third-order valence-electron chi connectivity index (χ3n) is 5.16. The lowest BCUT2D eigenvalue weighted by molar-refractivity contribution is 0.336. The third-order valence-corrected chi connectivity index (χ3v) is 6.97. The molecule has 0 bridgehead atoms. The van der Waals surface area contributed by atoms with Crippen LogP contribution >= 0.6 is 0 Å². The summed E-state index contributed by atoms with van der Waals surface area (Å²) in [5, 5.41) is 10.8. The lowest BCUT2D eigenvalue weighted by atomic mass is 9.86. The number of nitrogens with one attached hydrogen (secondary N) is 2. The molecule has 7 nitrogen and oxygen atoms in total. The van der Waals surface area contributed by atoms with E-state index < -0.39 is 26.9 Å². The highest BCUT2D eigenvalue weighted by Crippen LogP contribution is 2.27. The van der Waals surface area contributed by atoms with Crippen molar-refractivity contribution in [3.05, 3.63) is 42.0 Å². The molecule has 1 aromatic heterocycles. The molecule has 30 heavy (non-hydrogen) atoms. The van der Waals surface area contributed by atoms with Crippen LogP contribution in [0, 0.1) is 17.6 Å². The molecule has 1 aliphatic rings. The predicted octanol–water partition coefficient (Wildman–Crippen LogP) is 3.85. The first kappa shape index (κ1) is 22.4. The Morgan fingerprint density at radius 2 is 1.83 bits per heavy atom. The molecule has 0 atom stereocenters. The molecule has 0 saturated heterocycles. The number of benzene rings is 1. The van der Waals surface area contributed by atoms with Gasteiger partial charge in [0.25, 0.3) is 0 Å². The summed E-state index contributed by atoms with van der Waals surface area (Å²) in [7, 11) is -3.23. The standard InChI is InChI=1S/C20H26F2N4O3S/c1-13(2)30(27,28)23-12-14-6-8-15(9-7-14)24-18-10-11-19(26-25-18)29-17-5-3-4-16(21)20(17)22/h3-5,10-11,13-15,23H,6-9,12H2,1-2H3,(H,24,25). The highest BCUT2D eigenvalue weighted by molar-refractivity contribution is 7.90. The highest BCUT2D eigenvalue weighted by atomic mass is 32.2. The lowest BCUT2D eigenvalue weighted by Crippen LogP contribution is -2.37. The van der Waals surface area contributed by atoms with Gasteiger partial charge in [-0.2, -0.15) is 4.39 Å². The van der Waals surface area contributed by atoms with Gasteiger partial charge < -0.3 is 10.1 Å². The first-order valence-electron chi connectivity index (χ1n) is 9.95. The molecule has 2 aromatic rings. The molecule has 1 fully saturated rings. The molecular formula is C20H26F2N4O3S. The van der Waals surface area contributed by atoms with E-state index in [0.717, 1.165) is 31.7 Å². The highest BCUT2D eigenvalue weighted by Gasteiger charge is 2.24. The van der Waals surface area contributed by atoms with Crippen LogP contribution in [0.3, 0.4) is 0 Å². The molecule has 0 unspecified atom stereocenters. The van der Waals surface area contributed by atoms with Crippen LogP contribution in [0.2, 0.25) is 0 Å². The topological polar surface area (TPSA) is 93.2 Å². The summed E-state index contributed by atoms with van der Waals surface area (Å²) in [6.45, 7) is 3.79. The van der Waals surface area contributed by atoms with Crippen molar-refractivity contribution in [1.29, 1.82) is 0 Å². The van der Waals surface area contributed by atoms with E-state index in [1.807, 2.05) is 0 Å². The molecule has 3 rings (SSSR count). The summed E-state index contributed by atoms with van der Waals surface area (Å²) >= 11 is 0. The summed E-state index contributed by atoms with van der Waals surface area (Å²) in [5.41, 5.74) is 0. The van der Waals surface area contributed by atoms with Gasteiger partial charge in [0.1, 0.15) is 5.82 Å². The molecule has 1 aromatic carbocycles. The normalized spacial score (nSPS) is 19.6. The fraction of sp³-hybridized carbons (Fsp3) is 0.500. The molecule has 0 aliphatic heterocycles. The second kappa shape index (κ2) is 9.65. The number of ether oxygens (including phenoxy) is 1. The minimum absolute atomic E-state index is 0.0613. The second-order valence-corrected chi connectivity index (χ2v) is 10.0. The smallest absolute Gasteiger partial charge is 0.239 e. The molecule has 0 spiro atoms. The SMILES string of the molecule is CC(C)S(=O)(=O)NCC1CCC(Nc2ccc(Oc3cccc(F)c3F)nn2)CC1. The summed E-state index contributed by atoms with van der Waals surface area (Å²) in [6.07, 6.45) is 3.60. The number of nitrogens with zero attached hydrogens (tertiary/aromatic N) is 2. The van der Waals surface area contributed by atoms with Gasteiger partial charge in [0.2, 0.25) is 21.7 Å². The summed E-state index contributed by atoms with van der Waals surface area (Å²) in [5.74, 6) is -1.38. The maximum absolute atomic E-state index is 13.7. The van der Waals surface area contributed by atoms with Gasteiger partial charge >= 0.3 is 0 Å². The van der Waals surface area contributed by atoms with Crippen LogP contribution in [0.1, 0.15) is 39.5 Å². The molecule has 0 amide bonds. The number of rotatable bonds is 8. The maximum Gasteiger partial charge on any atom is 0.239 e. The number of halogens is 2. The zero-order chi connectivity index (χ0) is 21.7. The number of hydrogen-bond acceptors (Lipinski definition) is 6. The van der Waals surface area contributed by atoms with E-state index in [0.29, 0.717) is 18.3 Å². The van der Waals surface area contributed by atoms with Crippen molar-refractivity contribution in [3.63, 3.8) is 0 Å². The Morgan fingerprint density at radius 3 is 2.47 bits per heavy atom. The van der Waals surface area contributed by atoms with Gasteiger partial charge in [0.05, 0.1) is 5.25 Å². The molecule has 0 radical (unpaired) electrons. The van der Waals surface area contributed by atoms with E-state index in [9.17, 15) is 17.2 Å². The molecule has 1 saturated carbocycles. The Hall–Kier alpha value is -2.33. The molecule has 2 N–H and O–H groups in total. The van der Waals surface area contributed by atoms with Gasteiger partial charge in [-0.1, -0.05) is 6.07 Å². The van der Waals surface area contributed by atoms with Crippen molar-refractivity contribution >= 4 is 15.8 Å². The van der Waals surface area contributed by atoms with Crippen molar-refractivity contribution < 1.29 is 21.9 Å². The number of aromatic nitrogens is 2. The summed E-state index contributed by atoms with van der Waals surface area (Å²) in [4.78, 5) is 0. The molecule has 1 heterocycles. The number of sulfonamides is 1. The van der Waals surface area contributed by atoms with E-state index in [1.54, 1.807) is 19.9 Å². The van der Waals surface area contributed by atoms with Gasteiger partial charge in [-0.25, -0.2) is 17.5 Å². The molecule has 164 valence electrons. The van der Waals surface area contributed by atoms with E-state index in [1.165, 1.54) is 18.2 Å². The summed E-state index contributed by atoms with van der Waals surface area (Å²) in [6, 6.07) is 7.08. The van der Waals surface area contributed by atoms with Crippen molar-refractivity contribution in [2.45, 2.75) is 50.8 Å². The lowest BCUT2D eigenvalue weighted by Gasteiger charge is -2.29. The van der Waals surface area contributed by atoms with Crippen molar-refractivity contribution in [1.82, 2.24) is 14.9 Å². The van der Waals surface area contributed by atoms with Crippen molar-refractivity contribution in [2.75, 3.05) is 11.9 Å². The van der Waals surface area contributed by atoms with Crippen LogP contribution in [0.25, 0.3) is 0 Å². The van der Waals surface area contributed by atoms with Crippen molar-refractivity contribution in [2.24, 2.45) is 5.92 Å². The fourth-order valence-electron chi connectivity index (χ4n) is 3.25. The average Bonchev–Trinajstić information content (AvgIpc) is 2.72. The van der Waals surface area contributed by atoms with Crippen molar-refractivity contribution in [3.8, 4) is 11.6 Å². The Morgan fingerprint density at radius 1 is 1.10 bits per heavy atom. The number of anilines is 1. The fourth-order valence-corrected chi connectivity index (χ4v) is 4.05. The third kappa shape index (κ3) is 5.85. The average molecular weight is 441 g/mol. The minimum Gasteiger partial charge on any atom is -0.434 e. The largest absolute Gasteiger partial charge is 0.434 e. The van der Waals surface area contributed by atoms with Gasteiger partial charge in [-0.05, 0) is 63.6 Å². The van der Waals surface area contributed by atoms with Crippen LogP contribution in [0.5, 0.6) is 11.6 Å². The van der Waals surface area contributed by atoms with Crippen LogP contribution in [-0.4, -0.2) is 36.5 Å². The van der Waals surface area contributed by atoms with E-state index in [2.05, 4.69) is 20.2 Å². The van der Waals surface area contributed by atoms with Crippen LogP contribution in [-0.2, 0) is 10.0 Å². The first-order chi connectivity index (χ1) is 14.2. The molecule has 1 aliphatic carbocycles. The van der Waals surface area contributed by atoms with Gasteiger partial charge in [-0.3, -0.25) is 0 Å². The van der Waals surface area contributed by atoms with E-state index >= 15 is 0 Å². The monoisotopic (exact) mass is 440 g/mol. The van der Waals surface area contributed by atoms with Crippen LogP contribution in [0.4, 0.5) is 14.6 Å². The zero-order valence-electron chi connectivity index (χ0n) is 16.9. The van der Waals surface area contributed by atoms with Crippen LogP contribution < -0.4 is 14.8 Å². The van der Waals surface area contributed by atoms with E-state index in [4.69, 9.17) is 4.74 Å². The number of hydrogen-bond donors (Lipinski definition) is 2. The van der Waals surface area contributed by atoms with Gasteiger partial charge in [0.15, 0.2) is 11.6 Å². The Bertz CT molecular complexity index is 947. The predicted molar refractivity (Wildman–Crippen MR) is 110 cm³/mol. The molecule has 10 heteroatoms. The van der Waals surface area contributed by atoms with Crippen LogP contribution in [0.15, 0.2) is 30.3 Å². The Kier molecular flexibility index (Phi) is 7.19. The zero-order valence-corrected chi connectivity index (χ0v) is 17.8. The van der Waals surface area contributed by atoms with Gasteiger partial charge in [-0.15, -0.1) is 10.2 Å². The maximum atomic E-state index is 13.7. The second-order valence-electron chi connectivity index (χ2n) is 7.72. The Labute approximate surface area is 175 Å².